The molecule has 0 unspecified atom stereocenters. The molecule has 2 heterocycles. The molecule has 0 saturated carbocycles. The number of aryl methyl sites for hydroxylation is 2. The number of hydrogen-bond donors (Lipinski definition) is 2. The number of pyridine rings is 1. The van der Waals surface area contributed by atoms with Crippen molar-refractivity contribution in [1.29, 1.82) is 0 Å². The molecule has 2 N–H and O–H groups in total. The van der Waals surface area contributed by atoms with Gasteiger partial charge >= 0.3 is 0 Å². The van der Waals surface area contributed by atoms with Gasteiger partial charge in [0.2, 0.25) is 5.95 Å². The van der Waals surface area contributed by atoms with Crippen LogP contribution in [0.2, 0.25) is 0 Å². The lowest BCUT2D eigenvalue weighted by Crippen LogP contribution is -2.21. The molecular weight excluding hydrogens is 336 g/mol. The van der Waals surface area contributed by atoms with Gasteiger partial charge in [-0.05, 0) is 57.3 Å². The van der Waals surface area contributed by atoms with Crippen LogP contribution >= 0.6 is 0 Å². The van der Waals surface area contributed by atoms with E-state index in [2.05, 4.69) is 62.5 Å². The lowest BCUT2D eigenvalue weighted by atomic mass is 10.1. The van der Waals surface area contributed by atoms with Gasteiger partial charge in [-0.3, -0.25) is 4.98 Å². The van der Waals surface area contributed by atoms with Crippen LogP contribution in [0.1, 0.15) is 11.1 Å². The molecule has 0 saturated heterocycles. The van der Waals surface area contributed by atoms with Crippen molar-refractivity contribution in [1.82, 2.24) is 19.9 Å². The number of nitrogens with one attached hydrogen (secondary N) is 2. The van der Waals surface area contributed by atoms with Crippen molar-refractivity contribution >= 4 is 17.5 Å². The molecule has 3 aromatic rings. The molecule has 0 amide bonds. The second kappa shape index (κ2) is 8.60. The molecule has 0 aliphatic carbocycles. The Kier molecular flexibility index (Phi) is 5.98. The average Bonchev–Trinajstić information content (AvgIpc) is 2.65. The molecule has 0 atom stereocenters. The molecule has 0 radical (unpaired) electrons. The van der Waals surface area contributed by atoms with E-state index < -0.39 is 0 Å². The average molecular weight is 362 g/mol. The number of rotatable bonds is 7. The van der Waals surface area contributed by atoms with E-state index in [0.29, 0.717) is 5.95 Å². The summed E-state index contributed by atoms with van der Waals surface area (Å²) in [5.74, 6) is 1.33. The lowest BCUT2D eigenvalue weighted by Gasteiger charge is -2.14. The van der Waals surface area contributed by atoms with Crippen LogP contribution in [0.3, 0.4) is 0 Å². The molecule has 0 fully saturated rings. The Hall–Kier alpha value is -2.99. The maximum absolute atomic E-state index is 4.64. The van der Waals surface area contributed by atoms with Crippen molar-refractivity contribution in [2.45, 2.75) is 13.8 Å². The van der Waals surface area contributed by atoms with Crippen LogP contribution in [0.25, 0.3) is 11.4 Å². The van der Waals surface area contributed by atoms with Crippen LogP contribution in [0, 0.1) is 13.8 Å². The molecular formula is C21H26N6. The van der Waals surface area contributed by atoms with Gasteiger partial charge in [0.1, 0.15) is 5.82 Å². The molecule has 0 aliphatic rings. The molecule has 1 aromatic carbocycles. The number of likely N-dealkylation sites (N-methyl/N-ethyl adjacent to an activating group) is 1. The van der Waals surface area contributed by atoms with Crippen LogP contribution in [-0.2, 0) is 0 Å². The lowest BCUT2D eigenvalue weighted by molar-refractivity contribution is 0.425. The number of nitrogens with zero attached hydrogens (tertiary/aromatic N) is 4. The highest BCUT2D eigenvalue weighted by molar-refractivity contribution is 5.67. The zero-order valence-electron chi connectivity index (χ0n) is 16.3. The van der Waals surface area contributed by atoms with Crippen LogP contribution in [-0.4, -0.2) is 47.0 Å². The smallest absolute Gasteiger partial charge is 0.225 e. The molecule has 0 aliphatic heterocycles. The van der Waals surface area contributed by atoms with Gasteiger partial charge in [-0.1, -0.05) is 18.2 Å². The molecule has 0 bridgehead atoms. The second-order valence-corrected chi connectivity index (χ2v) is 6.85. The molecule has 2 aromatic heterocycles. The van der Waals surface area contributed by atoms with E-state index >= 15 is 0 Å². The van der Waals surface area contributed by atoms with E-state index in [1.807, 2.05) is 38.4 Å². The Balaban J connectivity index is 1.92. The summed E-state index contributed by atoms with van der Waals surface area (Å²) >= 11 is 0. The van der Waals surface area contributed by atoms with Gasteiger partial charge in [0.25, 0.3) is 0 Å². The molecule has 3 rings (SSSR count). The minimum atomic E-state index is 0.591. The first-order valence-electron chi connectivity index (χ1n) is 9.04. The van der Waals surface area contributed by atoms with Gasteiger partial charge in [0, 0.05) is 31.0 Å². The third-order valence-electron chi connectivity index (χ3n) is 4.15. The fourth-order valence-electron chi connectivity index (χ4n) is 2.64. The quantitative estimate of drug-likeness (QED) is 0.665. The third kappa shape index (κ3) is 5.24. The summed E-state index contributed by atoms with van der Waals surface area (Å²) in [6.07, 6.45) is 1.77. The Bertz CT molecular complexity index is 892. The highest BCUT2D eigenvalue weighted by atomic mass is 15.2. The van der Waals surface area contributed by atoms with Crippen molar-refractivity contribution in [2.75, 3.05) is 37.8 Å². The maximum Gasteiger partial charge on any atom is 0.225 e. The van der Waals surface area contributed by atoms with Gasteiger partial charge in [-0.2, -0.15) is 4.98 Å². The first kappa shape index (κ1) is 18.8. The first-order chi connectivity index (χ1) is 13.0. The summed E-state index contributed by atoms with van der Waals surface area (Å²) < 4.78 is 0. The summed E-state index contributed by atoms with van der Waals surface area (Å²) in [5, 5.41) is 6.74. The van der Waals surface area contributed by atoms with Crippen molar-refractivity contribution < 1.29 is 0 Å². The molecule has 6 nitrogen and oxygen atoms in total. The van der Waals surface area contributed by atoms with Gasteiger partial charge in [0.05, 0.1) is 11.4 Å². The highest BCUT2D eigenvalue weighted by Crippen LogP contribution is 2.24. The Labute approximate surface area is 160 Å². The standard InChI is InChI=1S/C21H26N6/c1-15-8-9-16(2)18(13-15)24-20-14-19(17-7-5-6-10-22-17)25-21(26-20)23-11-12-27(3)4/h5-10,13-14H,11-12H2,1-4H3,(H2,23,24,25,26). The summed E-state index contributed by atoms with van der Waals surface area (Å²) in [4.78, 5) is 15.8. The summed E-state index contributed by atoms with van der Waals surface area (Å²) in [7, 11) is 4.08. The van der Waals surface area contributed by atoms with E-state index in [-0.39, 0.29) is 0 Å². The first-order valence-corrected chi connectivity index (χ1v) is 9.04. The fourth-order valence-corrected chi connectivity index (χ4v) is 2.64. The number of aromatic nitrogens is 3. The zero-order chi connectivity index (χ0) is 19.2. The van der Waals surface area contributed by atoms with Crippen LogP contribution < -0.4 is 10.6 Å². The monoisotopic (exact) mass is 362 g/mol. The van der Waals surface area contributed by atoms with Crippen molar-refractivity contribution in [2.24, 2.45) is 0 Å². The highest BCUT2D eigenvalue weighted by Gasteiger charge is 2.09. The molecule has 0 spiro atoms. The number of hydrogen-bond acceptors (Lipinski definition) is 6. The van der Waals surface area contributed by atoms with Crippen molar-refractivity contribution in [3.05, 3.63) is 59.8 Å². The Morgan fingerprint density at radius 3 is 2.56 bits per heavy atom. The van der Waals surface area contributed by atoms with E-state index in [4.69, 9.17) is 0 Å². The minimum absolute atomic E-state index is 0.591. The largest absolute Gasteiger partial charge is 0.353 e. The second-order valence-electron chi connectivity index (χ2n) is 6.85. The van der Waals surface area contributed by atoms with E-state index in [9.17, 15) is 0 Å². The number of benzene rings is 1. The Morgan fingerprint density at radius 2 is 1.81 bits per heavy atom. The topological polar surface area (TPSA) is 66.0 Å². The van der Waals surface area contributed by atoms with Crippen LogP contribution in [0.5, 0.6) is 0 Å². The molecule has 140 valence electrons. The molecule has 6 heteroatoms. The fraction of sp³-hybridized carbons (Fsp3) is 0.286. The third-order valence-corrected chi connectivity index (χ3v) is 4.15. The van der Waals surface area contributed by atoms with Crippen molar-refractivity contribution in [3.8, 4) is 11.4 Å². The van der Waals surface area contributed by atoms with E-state index in [1.54, 1.807) is 6.20 Å². The summed E-state index contributed by atoms with van der Waals surface area (Å²) in [5.41, 5.74) is 5.01. The zero-order valence-corrected chi connectivity index (χ0v) is 16.3. The minimum Gasteiger partial charge on any atom is -0.353 e. The predicted molar refractivity (Wildman–Crippen MR) is 112 cm³/mol. The maximum atomic E-state index is 4.64. The van der Waals surface area contributed by atoms with Gasteiger partial charge in [-0.25, -0.2) is 4.98 Å². The van der Waals surface area contributed by atoms with Gasteiger partial charge in [-0.15, -0.1) is 0 Å². The van der Waals surface area contributed by atoms with Gasteiger partial charge < -0.3 is 15.5 Å². The summed E-state index contributed by atoms with van der Waals surface area (Å²) in [6.45, 7) is 5.83. The molecule has 27 heavy (non-hydrogen) atoms. The SMILES string of the molecule is Cc1ccc(C)c(Nc2cc(-c3ccccn3)nc(NCCN(C)C)n2)c1. The summed E-state index contributed by atoms with van der Waals surface area (Å²) in [6, 6.07) is 14.1. The van der Waals surface area contributed by atoms with E-state index in [1.165, 1.54) is 11.1 Å². The van der Waals surface area contributed by atoms with Gasteiger partial charge in [0.15, 0.2) is 0 Å². The van der Waals surface area contributed by atoms with Crippen LogP contribution in [0.15, 0.2) is 48.7 Å². The van der Waals surface area contributed by atoms with Crippen LogP contribution in [0.4, 0.5) is 17.5 Å². The van der Waals surface area contributed by atoms with Crippen molar-refractivity contribution in [3.63, 3.8) is 0 Å². The Morgan fingerprint density at radius 1 is 0.963 bits per heavy atom. The number of anilines is 3. The normalized spacial score (nSPS) is 10.9. The predicted octanol–water partition coefficient (Wildman–Crippen LogP) is 3.87. The van der Waals surface area contributed by atoms with E-state index in [0.717, 1.165) is 36.0 Å².